The third-order valence-electron chi connectivity index (χ3n) is 2.55. The van der Waals surface area contributed by atoms with Gasteiger partial charge >= 0.3 is 0 Å². The summed E-state index contributed by atoms with van der Waals surface area (Å²) in [6.07, 6.45) is 6.94. The van der Waals surface area contributed by atoms with Crippen LogP contribution in [0.5, 0.6) is 0 Å². The summed E-state index contributed by atoms with van der Waals surface area (Å²) in [7, 11) is 0. The largest absolute Gasteiger partial charge is 0.388 e. The lowest BCUT2D eigenvalue weighted by atomic mass is 10.1. The SMILES string of the molecule is CCCC(O)c1ccn(Cc2ccno2)c1. The molecule has 1 atom stereocenters. The summed E-state index contributed by atoms with van der Waals surface area (Å²) in [5.41, 5.74) is 0.960. The van der Waals surface area contributed by atoms with Gasteiger partial charge in [-0.05, 0) is 18.1 Å². The van der Waals surface area contributed by atoms with Gasteiger partial charge in [0.25, 0.3) is 0 Å². The van der Waals surface area contributed by atoms with Crippen molar-refractivity contribution in [1.82, 2.24) is 9.72 Å². The maximum Gasteiger partial charge on any atom is 0.156 e. The zero-order chi connectivity index (χ0) is 11.4. The van der Waals surface area contributed by atoms with Crippen molar-refractivity contribution in [3.63, 3.8) is 0 Å². The van der Waals surface area contributed by atoms with Crippen molar-refractivity contribution in [1.29, 1.82) is 0 Å². The molecule has 2 rings (SSSR count). The van der Waals surface area contributed by atoms with Gasteiger partial charge in [-0.3, -0.25) is 0 Å². The zero-order valence-electron chi connectivity index (χ0n) is 9.34. The van der Waals surface area contributed by atoms with Crippen molar-refractivity contribution in [2.45, 2.75) is 32.4 Å². The quantitative estimate of drug-likeness (QED) is 0.841. The van der Waals surface area contributed by atoms with Gasteiger partial charge < -0.3 is 14.2 Å². The molecule has 0 aromatic carbocycles. The van der Waals surface area contributed by atoms with E-state index in [1.807, 2.05) is 29.1 Å². The molecule has 86 valence electrons. The number of hydrogen-bond donors (Lipinski definition) is 1. The number of aliphatic hydroxyl groups excluding tert-OH is 1. The predicted octanol–water partition coefficient (Wildman–Crippen LogP) is 2.36. The highest BCUT2D eigenvalue weighted by atomic mass is 16.5. The number of aliphatic hydroxyl groups is 1. The third kappa shape index (κ3) is 2.52. The molecule has 4 nitrogen and oxygen atoms in total. The molecule has 0 saturated heterocycles. The summed E-state index contributed by atoms with van der Waals surface area (Å²) >= 11 is 0. The second-order valence-electron chi connectivity index (χ2n) is 3.90. The molecule has 0 fully saturated rings. The Morgan fingerprint density at radius 2 is 2.38 bits per heavy atom. The van der Waals surface area contributed by atoms with Crippen LogP contribution in [0.15, 0.2) is 35.2 Å². The first-order valence-electron chi connectivity index (χ1n) is 5.53. The van der Waals surface area contributed by atoms with Crippen LogP contribution in [0.25, 0.3) is 0 Å². The zero-order valence-corrected chi connectivity index (χ0v) is 9.34. The molecule has 2 aromatic heterocycles. The van der Waals surface area contributed by atoms with Crippen molar-refractivity contribution < 1.29 is 9.63 Å². The average molecular weight is 220 g/mol. The van der Waals surface area contributed by atoms with Crippen molar-refractivity contribution in [3.8, 4) is 0 Å². The first-order chi connectivity index (χ1) is 7.79. The molecular formula is C12H16N2O2. The summed E-state index contributed by atoms with van der Waals surface area (Å²) < 4.78 is 7.00. The van der Waals surface area contributed by atoms with E-state index in [-0.39, 0.29) is 6.10 Å². The molecule has 0 saturated carbocycles. The molecule has 0 amide bonds. The van der Waals surface area contributed by atoms with E-state index in [4.69, 9.17) is 4.52 Å². The van der Waals surface area contributed by atoms with E-state index in [9.17, 15) is 5.11 Å². The van der Waals surface area contributed by atoms with E-state index in [1.54, 1.807) is 6.20 Å². The topological polar surface area (TPSA) is 51.2 Å². The first-order valence-corrected chi connectivity index (χ1v) is 5.53. The lowest BCUT2D eigenvalue weighted by Gasteiger charge is -2.05. The summed E-state index contributed by atoms with van der Waals surface area (Å²) in [5.74, 6) is 0.812. The van der Waals surface area contributed by atoms with E-state index in [2.05, 4.69) is 12.1 Å². The molecule has 0 bridgehead atoms. The van der Waals surface area contributed by atoms with Gasteiger partial charge in [0.05, 0.1) is 18.8 Å². The van der Waals surface area contributed by atoms with Gasteiger partial charge in [0.1, 0.15) is 0 Å². The molecule has 0 aliphatic heterocycles. The van der Waals surface area contributed by atoms with E-state index in [0.29, 0.717) is 6.54 Å². The Kier molecular flexibility index (Phi) is 3.41. The van der Waals surface area contributed by atoms with Gasteiger partial charge in [0.2, 0.25) is 0 Å². The van der Waals surface area contributed by atoms with Crippen LogP contribution in [0.2, 0.25) is 0 Å². The fourth-order valence-corrected chi connectivity index (χ4v) is 1.70. The van der Waals surface area contributed by atoms with Crippen LogP contribution in [0.4, 0.5) is 0 Å². The van der Waals surface area contributed by atoms with Crippen LogP contribution in [-0.4, -0.2) is 14.8 Å². The van der Waals surface area contributed by atoms with E-state index < -0.39 is 0 Å². The Morgan fingerprint density at radius 1 is 1.50 bits per heavy atom. The summed E-state index contributed by atoms with van der Waals surface area (Å²) in [4.78, 5) is 0. The molecule has 2 aromatic rings. The molecule has 0 aliphatic rings. The highest BCUT2D eigenvalue weighted by molar-refractivity contribution is 5.14. The van der Waals surface area contributed by atoms with Crippen LogP contribution in [0, 0.1) is 0 Å². The summed E-state index contributed by atoms with van der Waals surface area (Å²) in [5, 5.41) is 13.5. The van der Waals surface area contributed by atoms with Crippen LogP contribution in [0.3, 0.4) is 0 Å². The number of hydrogen-bond acceptors (Lipinski definition) is 3. The fraction of sp³-hybridized carbons (Fsp3) is 0.417. The van der Waals surface area contributed by atoms with Crippen molar-refractivity contribution in [2.75, 3.05) is 0 Å². The third-order valence-corrected chi connectivity index (χ3v) is 2.55. The Bertz CT molecular complexity index is 420. The molecule has 0 radical (unpaired) electrons. The summed E-state index contributed by atoms with van der Waals surface area (Å²) in [6, 6.07) is 3.78. The molecule has 4 heteroatoms. The second kappa shape index (κ2) is 4.99. The smallest absolute Gasteiger partial charge is 0.156 e. The van der Waals surface area contributed by atoms with Gasteiger partial charge in [-0.1, -0.05) is 18.5 Å². The lowest BCUT2D eigenvalue weighted by Crippen LogP contribution is -1.97. The fourth-order valence-electron chi connectivity index (χ4n) is 1.70. The maximum atomic E-state index is 9.81. The molecule has 2 heterocycles. The van der Waals surface area contributed by atoms with Crippen LogP contribution in [-0.2, 0) is 6.54 Å². The standard InChI is InChI=1S/C12H16N2O2/c1-2-3-12(15)10-5-7-14(8-10)9-11-4-6-13-16-11/h4-8,12,15H,2-3,9H2,1H3. The van der Waals surface area contributed by atoms with Crippen molar-refractivity contribution >= 4 is 0 Å². The molecule has 0 spiro atoms. The minimum Gasteiger partial charge on any atom is -0.388 e. The van der Waals surface area contributed by atoms with E-state index in [0.717, 1.165) is 24.2 Å². The molecule has 1 unspecified atom stereocenters. The molecule has 16 heavy (non-hydrogen) atoms. The molecular weight excluding hydrogens is 204 g/mol. The maximum absolute atomic E-state index is 9.81. The number of nitrogens with zero attached hydrogens (tertiary/aromatic N) is 2. The average Bonchev–Trinajstić information content (AvgIpc) is 2.90. The van der Waals surface area contributed by atoms with Gasteiger partial charge in [-0.2, -0.15) is 0 Å². The van der Waals surface area contributed by atoms with E-state index in [1.165, 1.54) is 0 Å². The van der Waals surface area contributed by atoms with Crippen LogP contribution >= 0.6 is 0 Å². The lowest BCUT2D eigenvalue weighted by molar-refractivity contribution is 0.166. The Balaban J connectivity index is 2.02. The van der Waals surface area contributed by atoms with Crippen LogP contribution < -0.4 is 0 Å². The van der Waals surface area contributed by atoms with Crippen molar-refractivity contribution in [3.05, 3.63) is 42.0 Å². The van der Waals surface area contributed by atoms with Gasteiger partial charge in [-0.15, -0.1) is 0 Å². The Morgan fingerprint density at radius 3 is 3.06 bits per heavy atom. The Hall–Kier alpha value is -1.55. The summed E-state index contributed by atoms with van der Waals surface area (Å²) in [6.45, 7) is 2.72. The number of aromatic nitrogens is 2. The second-order valence-corrected chi connectivity index (χ2v) is 3.90. The Labute approximate surface area is 94.5 Å². The van der Waals surface area contributed by atoms with Gasteiger partial charge in [0.15, 0.2) is 5.76 Å². The van der Waals surface area contributed by atoms with Gasteiger partial charge in [0, 0.05) is 18.5 Å². The monoisotopic (exact) mass is 220 g/mol. The number of rotatable bonds is 5. The first kappa shape index (κ1) is 11.0. The normalized spacial score (nSPS) is 12.9. The van der Waals surface area contributed by atoms with Crippen molar-refractivity contribution in [2.24, 2.45) is 0 Å². The minimum absolute atomic E-state index is 0.360. The molecule has 0 aliphatic carbocycles. The predicted molar refractivity (Wildman–Crippen MR) is 59.9 cm³/mol. The molecule has 1 N–H and O–H groups in total. The van der Waals surface area contributed by atoms with E-state index >= 15 is 0 Å². The van der Waals surface area contributed by atoms with Gasteiger partial charge in [-0.25, -0.2) is 0 Å². The highest BCUT2D eigenvalue weighted by Crippen LogP contribution is 2.18. The highest BCUT2D eigenvalue weighted by Gasteiger charge is 2.08. The van der Waals surface area contributed by atoms with Crippen LogP contribution in [0.1, 0.15) is 37.2 Å². The minimum atomic E-state index is -0.360.